The van der Waals surface area contributed by atoms with Crippen LogP contribution in [-0.2, 0) is 28.6 Å². The van der Waals surface area contributed by atoms with Gasteiger partial charge in [-0.3, -0.25) is 14.4 Å². The van der Waals surface area contributed by atoms with Crippen LogP contribution in [0, 0.1) is 28.1 Å². The molecule has 0 unspecified atom stereocenters. The molecule has 2 saturated heterocycles. The number of rotatable bonds is 3. The van der Waals surface area contributed by atoms with Crippen LogP contribution >= 0.6 is 0 Å². The fourth-order valence-corrected chi connectivity index (χ4v) is 8.41. The number of methoxy groups -OCH3 is 1. The van der Waals surface area contributed by atoms with Crippen molar-refractivity contribution in [3.63, 3.8) is 0 Å². The normalized spacial score (nSPS) is 46.3. The number of esters is 2. The summed E-state index contributed by atoms with van der Waals surface area (Å²) >= 11 is 0. The monoisotopic (exact) mass is 466 g/mol. The van der Waals surface area contributed by atoms with Crippen molar-refractivity contribution in [2.45, 2.75) is 64.8 Å². The Labute approximate surface area is 198 Å². The van der Waals surface area contributed by atoms with Gasteiger partial charge in [0.05, 0.1) is 37.6 Å². The molecular weight excluding hydrogens is 436 g/mol. The van der Waals surface area contributed by atoms with Gasteiger partial charge in [-0.25, -0.2) is 0 Å². The molecule has 1 aromatic heterocycles. The lowest BCUT2D eigenvalue weighted by molar-refractivity contribution is -0.190. The zero-order valence-corrected chi connectivity index (χ0v) is 20.1. The molecule has 0 aromatic carbocycles. The van der Waals surface area contributed by atoms with Gasteiger partial charge < -0.3 is 18.6 Å². The maximum absolute atomic E-state index is 13.7. The van der Waals surface area contributed by atoms with Crippen LogP contribution in [0.3, 0.4) is 0 Å². The minimum Gasteiger partial charge on any atom is -0.472 e. The molecule has 3 aliphatic carbocycles. The lowest BCUT2D eigenvalue weighted by atomic mass is 9.42. The molecule has 2 aliphatic heterocycles. The molecule has 3 fully saturated rings. The van der Waals surface area contributed by atoms with Crippen LogP contribution in [0.4, 0.5) is 0 Å². The van der Waals surface area contributed by atoms with E-state index in [9.17, 15) is 14.4 Å². The first-order valence-corrected chi connectivity index (χ1v) is 12.0. The number of carbonyl (C=O) groups is 3. The molecule has 7 heteroatoms. The van der Waals surface area contributed by atoms with E-state index in [1.54, 1.807) is 18.6 Å². The fraction of sp³-hybridized carbons (Fsp3) is 0.593. The first-order valence-electron chi connectivity index (χ1n) is 12.0. The van der Waals surface area contributed by atoms with Gasteiger partial charge in [0.1, 0.15) is 12.2 Å². The molecule has 5 aliphatic rings. The largest absolute Gasteiger partial charge is 0.472 e. The number of ketones is 1. The van der Waals surface area contributed by atoms with E-state index in [0.29, 0.717) is 0 Å². The van der Waals surface area contributed by atoms with Crippen molar-refractivity contribution < 1.29 is 33.0 Å². The highest BCUT2D eigenvalue weighted by Crippen LogP contribution is 2.72. The summed E-state index contributed by atoms with van der Waals surface area (Å²) in [6, 6.07) is 1.97. The Hall–Kier alpha value is -2.67. The van der Waals surface area contributed by atoms with E-state index >= 15 is 0 Å². The first-order chi connectivity index (χ1) is 16.1. The molecule has 0 spiro atoms. The zero-order chi connectivity index (χ0) is 24.2. The van der Waals surface area contributed by atoms with Crippen molar-refractivity contribution in [2.75, 3.05) is 7.11 Å². The highest BCUT2D eigenvalue weighted by Gasteiger charge is 2.77. The van der Waals surface area contributed by atoms with E-state index in [1.807, 2.05) is 19.9 Å². The summed E-state index contributed by atoms with van der Waals surface area (Å²) in [5.74, 6) is -1.46. The number of hydrogen-bond donors (Lipinski definition) is 0. The highest BCUT2D eigenvalue weighted by molar-refractivity contribution is 6.00. The quantitative estimate of drug-likeness (QED) is 0.495. The summed E-state index contributed by atoms with van der Waals surface area (Å²) in [7, 11) is 1.37. The summed E-state index contributed by atoms with van der Waals surface area (Å²) < 4.78 is 23.2. The predicted octanol–water partition coefficient (Wildman–Crippen LogP) is 3.74. The minimum atomic E-state index is -0.987. The average Bonchev–Trinajstić information content (AvgIpc) is 3.54. The average molecular weight is 467 g/mol. The maximum atomic E-state index is 13.7. The molecule has 0 amide bonds. The van der Waals surface area contributed by atoms with E-state index in [0.717, 1.165) is 17.6 Å². The third-order valence-corrected chi connectivity index (χ3v) is 9.91. The first kappa shape index (κ1) is 21.8. The van der Waals surface area contributed by atoms with Crippen LogP contribution in [-0.4, -0.2) is 43.1 Å². The van der Waals surface area contributed by atoms with Crippen LogP contribution in [0.2, 0.25) is 0 Å². The van der Waals surface area contributed by atoms with Crippen molar-refractivity contribution in [3.05, 3.63) is 47.5 Å². The lowest BCUT2D eigenvalue weighted by Crippen LogP contribution is -2.66. The number of hydrogen-bond acceptors (Lipinski definition) is 7. The maximum Gasteiger partial charge on any atom is 0.316 e. The van der Waals surface area contributed by atoms with Gasteiger partial charge in [0, 0.05) is 22.7 Å². The molecule has 34 heavy (non-hydrogen) atoms. The Morgan fingerprint density at radius 2 is 1.97 bits per heavy atom. The van der Waals surface area contributed by atoms with Crippen LogP contribution in [0.25, 0.3) is 0 Å². The predicted molar refractivity (Wildman–Crippen MR) is 119 cm³/mol. The van der Waals surface area contributed by atoms with Gasteiger partial charge >= 0.3 is 11.9 Å². The summed E-state index contributed by atoms with van der Waals surface area (Å²) in [4.78, 5) is 39.6. The van der Waals surface area contributed by atoms with E-state index in [-0.39, 0.29) is 36.2 Å². The van der Waals surface area contributed by atoms with Gasteiger partial charge in [-0.05, 0) is 49.5 Å². The lowest BCUT2D eigenvalue weighted by Gasteiger charge is -2.59. The van der Waals surface area contributed by atoms with Crippen LogP contribution in [0.5, 0.6) is 0 Å². The van der Waals surface area contributed by atoms with Gasteiger partial charge in [0.25, 0.3) is 0 Å². The Balaban J connectivity index is 1.58. The van der Waals surface area contributed by atoms with E-state index < -0.39 is 40.3 Å². The Morgan fingerprint density at radius 1 is 1.21 bits per heavy atom. The molecule has 7 nitrogen and oxygen atoms in total. The number of fused-ring (bicyclic) bond motifs is 4. The molecular formula is C27H30O7. The van der Waals surface area contributed by atoms with Gasteiger partial charge in [-0.2, -0.15) is 0 Å². The third-order valence-electron chi connectivity index (χ3n) is 9.91. The fourth-order valence-electron chi connectivity index (χ4n) is 8.41. The Morgan fingerprint density at radius 3 is 2.65 bits per heavy atom. The van der Waals surface area contributed by atoms with E-state index in [1.165, 1.54) is 18.8 Å². The summed E-state index contributed by atoms with van der Waals surface area (Å²) in [6.45, 7) is 7.96. The number of ether oxygens (including phenoxy) is 3. The molecule has 180 valence electrons. The van der Waals surface area contributed by atoms with Gasteiger partial charge in [-0.15, -0.1) is 0 Å². The molecule has 9 atom stereocenters. The highest BCUT2D eigenvalue weighted by atomic mass is 16.6. The second-order valence-electron chi connectivity index (χ2n) is 11.2. The second kappa shape index (κ2) is 6.72. The Kier molecular flexibility index (Phi) is 4.31. The summed E-state index contributed by atoms with van der Waals surface area (Å²) in [6.07, 6.45) is 6.29. The molecule has 1 saturated carbocycles. The van der Waals surface area contributed by atoms with E-state index in [4.69, 9.17) is 18.6 Å². The van der Waals surface area contributed by atoms with Crippen molar-refractivity contribution in [1.82, 2.24) is 0 Å². The molecule has 6 rings (SSSR count). The Bertz CT molecular complexity index is 1160. The smallest absolute Gasteiger partial charge is 0.316 e. The van der Waals surface area contributed by atoms with Gasteiger partial charge in [0.15, 0.2) is 5.78 Å². The minimum absolute atomic E-state index is 0.0658. The molecule has 0 radical (unpaired) electrons. The number of carbonyl (C=O) groups excluding carboxylic acids is 3. The molecule has 0 bridgehead atoms. The van der Waals surface area contributed by atoms with Gasteiger partial charge in [0.2, 0.25) is 0 Å². The molecule has 1 aromatic rings. The van der Waals surface area contributed by atoms with Crippen molar-refractivity contribution in [1.29, 1.82) is 0 Å². The van der Waals surface area contributed by atoms with Gasteiger partial charge in [-0.1, -0.05) is 25.5 Å². The summed E-state index contributed by atoms with van der Waals surface area (Å²) in [5, 5.41) is 0. The van der Waals surface area contributed by atoms with Crippen LogP contribution in [0.1, 0.15) is 52.0 Å². The summed E-state index contributed by atoms with van der Waals surface area (Å²) in [5.41, 5.74) is 0.794. The van der Waals surface area contributed by atoms with Crippen LogP contribution in [0.15, 0.2) is 46.3 Å². The third kappa shape index (κ3) is 2.34. The molecule has 0 N–H and O–H groups in total. The van der Waals surface area contributed by atoms with Crippen LogP contribution < -0.4 is 0 Å². The molecule has 3 heterocycles. The second-order valence-corrected chi connectivity index (χ2v) is 11.2. The SMILES string of the molecule is COC(=O)C[C@@H]1[C@]2(C)C(=O)C=C[C@@]3(C)C(=O)O[C@@H]([C@H]4O[C@H]5C[C@@H](c6ccoc6)C(C)=C5[C@]14C)[C@@H]23. The van der Waals surface area contributed by atoms with Crippen molar-refractivity contribution in [3.8, 4) is 0 Å². The standard InChI is InChI=1S/C27H30O7/c1-13-15(14-7-9-32-12-14)10-16-20(13)27(4)17(11-19(29)31-5)26(3)18(28)6-8-25(2)22(26)21(23(27)33-16)34-24(25)30/h6-9,12,15-17,21-23H,10-11H2,1-5H3/t15-,16+,17-,21-,22-,23-,25-,26-,27+/m1/s1. The van der Waals surface area contributed by atoms with E-state index in [2.05, 4.69) is 13.8 Å². The number of allylic oxidation sites excluding steroid dienone is 2. The van der Waals surface area contributed by atoms with Crippen molar-refractivity contribution in [2.24, 2.45) is 28.1 Å². The topological polar surface area (TPSA) is 92.0 Å². The van der Waals surface area contributed by atoms with Crippen molar-refractivity contribution >= 4 is 17.7 Å². The number of furan rings is 1. The zero-order valence-electron chi connectivity index (χ0n) is 20.1.